The van der Waals surface area contributed by atoms with Crippen LogP contribution in [0.5, 0.6) is 5.75 Å². The Morgan fingerprint density at radius 1 is 1.11 bits per heavy atom. The number of fused-ring (bicyclic) bond motifs is 1. The van der Waals surface area contributed by atoms with Gasteiger partial charge in [0, 0.05) is 0 Å². The van der Waals surface area contributed by atoms with Gasteiger partial charge >= 0.3 is 0 Å². The summed E-state index contributed by atoms with van der Waals surface area (Å²) in [6.07, 6.45) is 3.22. The number of ether oxygens (including phenoxy) is 1. The molecule has 1 unspecified atom stereocenters. The zero-order valence-electron chi connectivity index (χ0n) is 11.2. The highest BCUT2D eigenvalue weighted by Crippen LogP contribution is 2.39. The first-order valence-electron chi connectivity index (χ1n) is 6.76. The van der Waals surface area contributed by atoms with E-state index in [9.17, 15) is 0 Å². The van der Waals surface area contributed by atoms with Crippen LogP contribution >= 0.6 is 0 Å². The van der Waals surface area contributed by atoms with Crippen LogP contribution in [0.15, 0.2) is 48.5 Å². The van der Waals surface area contributed by atoms with Gasteiger partial charge in [0.2, 0.25) is 0 Å². The molecule has 1 aliphatic rings. The highest BCUT2D eigenvalue weighted by Gasteiger charge is 2.34. The zero-order chi connectivity index (χ0) is 13.3. The minimum atomic E-state index is -0.386. The number of benzene rings is 2. The molecule has 98 valence electrons. The first kappa shape index (κ1) is 12.2. The van der Waals surface area contributed by atoms with Gasteiger partial charge in [0.15, 0.2) is 0 Å². The second-order valence-electron chi connectivity index (χ2n) is 5.21. The molecule has 0 heterocycles. The maximum Gasteiger partial charge on any atom is 0.119 e. The summed E-state index contributed by atoms with van der Waals surface area (Å²) in [4.78, 5) is 0. The number of rotatable bonds is 2. The predicted molar refractivity (Wildman–Crippen MR) is 77.3 cm³/mol. The lowest BCUT2D eigenvalue weighted by atomic mass is 9.73. The topological polar surface area (TPSA) is 35.2 Å². The minimum absolute atomic E-state index is 0.386. The molecule has 2 N–H and O–H groups in total. The van der Waals surface area contributed by atoms with Crippen molar-refractivity contribution in [2.24, 2.45) is 5.73 Å². The summed E-state index contributed by atoms with van der Waals surface area (Å²) in [5, 5.41) is 0. The third-order valence-electron chi connectivity index (χ3n) is 4.10. The molecule has 0 saturated heterocycles. The molecule has 0 saturated carbocycles. The van der Waals surface area contributed by atoms with Crippen LogP contribution in [-0.4, -0.2) is 7.11 Å². The summed E-state index contributed by atoms with van der Waals surface area (Å²) < 4.78 is 5.35. The standard InChI is InChI=1S/C17H19NO/c1-19-15-10-9-13-6-5-11-17(18,16(13)12-15)14-7-3-2-4-8-14/h2-4,7-10,12H,5-6,11,18H2,1H3. The first-order valence-corrected chi connectivity index (χ1v) is 6.76. The van der Waals surface area contributed by atoms with Gasteiger partial charge in [-0.25, -0.2) is 0 Å². The third kappa shape index (κ3) is 2.02. The minimum Gasteiger partial charge on any atom is -0.497 e. The van der Waals surface area contributed by atoms with E-state index in [1.165, 1.54) is 16.7 Å². The van der Waals surface area contributed by atoms with Gasteiger partial charge in [0.25, 0.3) is 0 Å². The van der Waals surface area contributed by atoms with Gasteiger partial charge in [-0.2, -0.15) is 0 Å². The number of hydrogen-bond donors (Lipinski definition) is 1. The van der Waals surface area contributed by atoms with Crippen molar-refractivity contribution in [3.8, 4) is 5.75 Å². The highest BCUT2D eigenvalue weighted by molar-refractivity contribution is 5.47. The number of hydrogen-bond acceptors (Lipinski definition) is 2. The van der Waals surface area contributed by atoms with E-state index in [1.54, 1.807) is 7.11 Å². The molecule has 2 heteroatoms. The Morgan fingerprint density at radius 3 is 2.63 bits per heavy atom. The summed E-state index contributed by atoms with van der Waals surface area (Å²) >= 11 is 0. The molecule has 2 aromatic rings. The highest BCUT2D eigenvalue weighted by atomic mass is 16.5. The predicted octanol–water partition coefficient (Wildman–Crippen LogP) is 3.23. The van der Waals surface area contributed by atoms with Crippen molar-refractivity contribution in [2.75, 3.05) is 7.11 Å². The van der Waals surface area contributed by atoms with Crippen molar-refractivity contribution in [1.29, 1.82) is 0 Å². The molecule has 0 spiro atoms. The largest absolute Gasteiger partial charge is 0.497 e. The summed E-state index contributed by atoms with van der Waals surface area (Å²) in [6.45, 7) is 0. The van der Waals surface area contributed by atoms with Crippen LogP contribution in [0.3, 0.4) is 0 Å². The van der Waals surface area contributed by atoms with E-state index in [4.69, 9.17) is 10.5 Å². The molecule has 1 aliphatic carbocycles. The monoisotopic (exact) mass is 253 g/mol. The summed E-state index contributed by atoms with van der Waals surface area (Å²) in [5.74, 6) is 0.881. The Labute approximate surface area is 114 Å². The Hall–Kier alpha value is -1.80. The quantitative estimate of drug-likeness (QED) is 0.891. The second-order valence-corrected chi connectivity index (χ2v) is 5.21. The van der Waals surface area contributed by atoms with Crippen LogP contribution in [-0.2, 0) is 12.0 Å². The average Bonchev–Trinajstić information content (AvgIpc) is 2.48. The Balaban J connectivity index is 2.15. The smallest absolute Gasteiger partial charge is 0.119 e. The van der Waals surface area contributed by atoms with Crippen molar-refractivity contribution in [3.63, 3.8) is 0 Å². The number of methoxy groups -OCH3 is 1. The SMILES string of the molecule is COc1ccc2c(c1)C(N)(c1ccccc1)CCC2. The van der Waals surface area contributed by atoms with Gasteiger partial charge in [-0.1, -0.05) is 36.4 Å². The fourth-order valence-electron chi connectivity index (χ4n) is 3.04. The van der Waals surface area contributed by atoms with Gasteiger partial charge < -0.3 is 10.5 Å². The van der Waals surface area contributed by atoms with Gasteiger partial charge in [-0.3, -0.25) is 0 Å². The molecular formula is C17H19NO. The van der Waals surface area contributed by atoms with Crippen molar-refractivity contribution >= 4 is 0 Å². The molecule has 0 aliphatic heterocycles. The molecule has 19 heavy (non-hydrogen) atoms. The Bertz CT molecular complexity index is 579. The summed E-state index contributed by atoms with van der Waals surface area (Å²) in [7, 11) is 1.70. The normalized spacial score (nSPS) is 21.8. The fraction of sp³-hybridized carbons (Fsp3) is 0.294. The van der Waals surface area contributed by atoms with Gasteiger partial charge in [-0.15, -0.1) is 0 Å². The van der Waals surface area contributed by atoms with E-state index < -0.39 is 0 Å². The number of nitrogens with two attached hydrogens (primary N) is 1. The molecule has 3 rings (SSSR count). The molecule has 0 bridgehead atoms. The summed E-state index contributed by atoms with van der Waals surface area (Å²) in [6, 6.07) is 16.6. The molecule has 0 radical (unpaired) electrons. The van der Waals surface area contributed by atoms with Crippen molar-refractivity contribution in [3.05, 3.63) is 65.2 Å². The lowest BCUT2D eigenvalue weighted by Crippen LogP contribution is -2.41. The molecule has 2 aromatic carbocycles. The molecular weight excluding hydrogens is 234 g/mol. The van der Waals surface area contributed by atoms with Crippen molar-refractivity contribution < 1.29 is 4.74 Å². The van der Waals surface area contributed by atoms with Crippen molar-refractivity contribution in [1.82, 2.24) is 0 Å². The zero-order valence-corrected chi connectivity index (χ0v) is 11.2. The van der Waals surface area contributed by atoms with Crippen LogP contribution in [0.25, 0.3) is 0 Å². The van der Waals surface area contributed by atoms with E-state index in [-0.39, 0.29) is 5.54 Å². The molecule has 2 nitrogen and oxygen atoms in total. The van der Waals surface area contributed by atoms with Crippen LogP contribution in [0.1, 0.15) is 29.5 Å². The summed E-state index contributed by atoms with van der Waals surface area (Å²) in [5.41, 5.74) is 10.1. The lowest BCUT2D eigenvalue weighted by Gasteiger charge is -2.36. The lowest BCUT2D eigenvalue weighted by molar-refractivity contribution is 0.404. The van der Waals surface area contributed by atoms with E-state index in [1.807, 2.05) is 12.1 Å². The Morgan fingerprint density at radius 2 is 1.89 bits per heavy atom. The molecule has 0 amide bonds. The van der Waals surface area contributed by atoms with Gasteiger partial charge in [0.05, 0.1) is 12.6 Å². The maximum atomic E-state index is 6.76. The van der Waals surface area contributed by atoms with E-state index in [0.29, 0.717) is 0 Å². The maximum absolute atomic E-state index is 6.76. The van der Waals surface area contributed by atoms with E-state index >= 15 is 0 Å². The molecule has 1 atom stereocenters. The van der Waals surface area contributed by atoms with E-state index in [2.05, 4.69) is 36.4 Å². The number of aryl methyl sites for hydroxylation is 1. The fourth-order valence-corrected chi connectivity index (χ4v) is 3.04. The molecule has 0 aromatic heterocycles. The first-order chi connectivity index (χ1) is 9.24. The van der Waals surface area contributed by atoms with E-state index in [0.717, 1.165) is 25.0 Å². The van der Waals surface area contributed by atoms with Crippen LogP contribution in [0.4, 0.5) is 0 Å². The van der Waals surface area contributed by atoms with Crippen LogP contribution in [0.2, 0.25) is 0 Å². The average molecular weight is 253 g/mol. The Kier molecular flexibility index (Phi) is 3.03. The van der Waals surface area contributed by atoms with Crippen molar-refractivity contribution in [2.45, 2.75) is 24.8 Å². The van der Waals surface area contributed by atoms with Gasteiger partial charge in [0.1, 0.15) is 5.75 Å². The van der Waals surface area contributed by atoms with Gasteiger partial charge in [-0.05, 0) is 48.1 Å². The third-order valence-corrected chi connectivity index (χ3v) is 4.10. The van der Waals surface area contributed by atoms with Crippen LogP contribution in [0, 0.1) is 0 Å². The second kappa shape index (κ2) is 4.71. The molecule has 0 fully saturated rings. The van der Waals surface area contributed by atoms with Crippen LogP contribution < -0.4 is 10.5 Å².